The minimum Gasteiger partial charge on any atom is -0.414 e. The molecule has 0 unspecified atom stereocenters. The number of aliphatic hydroxyl groups is 2. The second-order valence-corrected chi connectivity index (χ2v) is 28.8. The summed E-state index contributed by atoms with van der Waals surface area (Å²) in [6, 6.07) is 0. The van der Waals surface area contributed by atoms with Gasteiger partial charge in [0.2, 0.25) is 0 Å². The summed E-state index contributed by atoms with van der Waals surface area (Å²) in [5.41, 5.74) is 1.11. The molecule has 21 heteroatoms. The molecule has 7 atom stereocenters. The highest BCUT2D eigenvalue weighted by Gasteiger charge is 2.67. The molecule has 5 rings (SSSR count). The second kappa shape index (κ2) is 15.3. The van der Waals surface area contributed by atoms with Crippen LogP contribution in [0.25, 0.3) is 0 Å². The molecule has 1 spiro atoms. The monoisotopic (exact) mass is 853 g/mol. The van der Waals surface area contributed by atoms with Gasteiger partial charge in [0, 0.05) is 24.4 Å². The van der Waals surface area contributed by atoms with Gasteiger partial charge in [-0.05, 0) is 43.2 Å². The molecule has 3 aliphatic rings. The molecule has 2 aromatic rings. The first kappa shape index (κ1) is 44.7. The number of aliphatic hydroxyl groups excluding tert-OH is 2. The van der Waals surface area contributed by atoms with Crippen LogP contribution in [-0.2, 0) is 39.2 Å². The van der Waals surface area contributed by atoms with E-state index >= 15 is 0 Å². The van der Waals surface area contributed by atoms with Crippen molar-refractivity contribution in [2.45, 2.75) is 140 Å². The largest absolute Gasteiger partial charge is 0.414 e. The molecule has 5 heterocycles. The van der Waals surface area contributed by atoms with Crippen LogP contribution in [0.4, 0.5) is 0 Å². The zero-order valence-electron chi connectivity index (χ0n) is 34.2. The van der Waals surface area contributed by atoms with Crippen molar-refractivity contribution < 1.29 is 41.1 Å². The fraction of sp³-hybridized carbons (Fsp3) is 0.667. The number of nitrogens with zero attached hydrogens (tertiary/aromatic N) is 3. The van der Waals surface area contributed by atoms with E-state index in [0.29, 0.717) is 0 Å². The molecule has 3 aliphatic heterocycles. The summed E-state index contributed by atoms with van der Waals surface area (Å²) in [6.45, 7) is 20.4. The quantitative estimate of drug-likeness (QED) is 0.157. The molecule has 0 aromatic carbocycles. The first-order chi connectivity index (χ1) is 26.1. The predicted octanol–water partition coefficient (Wildman–Crippen LogP) is 1.07. The average Bonchev–Trinajstić information content (AvgIpc) is 3.68. The average molecular weight is 854 g/mol. The van der Waals surface area contributed by atoms with E-state index in [9.17, 15) is 37.8 Å². The van der Waals surface area contributed by atoms with Gasteiger partial charge in [0.25, 0.3) is 21.2 Å². The summed E-state index contributed by atoms with van der Waals surface area (Å²) in [4.78, 5) is 55.4. The Balaban J connectivity index is 1.61. The van der Waals surface area contributed by atoms with Crippen molar-refractivity contribution in [3.8, 4) is 11.8 Å². The molecule has 5 N–H and O–H groups in total. The Morgan fingerprint density at radius 3 is 2.19 bits per heavy atom. The van der Waals surface area contributed by atoms with E-state index in [1.165, 1.54) is 13.1 Å². The Morgan fingerprint density at radius 2 is 1.65 bits per heavy atom. The molecule has 0 radical (unpaired) electrons. The van der Waals surface area contributed by atoms with Gasteiger partial charge in [-0.3, -0.25) is 23.7 Å². The van der Waals surface area contributed by atoms with Crippen molar-refractivity contribution in [3.63, 3.8) is 0 Å². The third-order valence-electron chi connectivity index (χ3n) is 11.8. The highest BCUT2D eigenvalue weighted by molar-refractivity contribution is 7.90. The van der Waals surface area contributed by atoms with Crippen LogP contribution in [0, 0.1) is 18.8 Å². The molecule has 0 amide bonds. The Morgan fingerprint density at radius 1 is 1.02 bits per heavy atom. The standard InChI is InChI=1S/C36H55N5O13SSi2/c1-21-16-41(33(47)39(30(21)45)14-12-13-22-17-40(32(46)38-29(22)44)27-15-23(43)24(18-42)51-27)31-28(53-57(10,11)35(5,6)7)36(25(37)20-55(48,49)54-36)26(52-31)19-50-56(8,9)34(2,3)4/h16-17,20,23-24,26-28,31,42-43H,14-15,18-19,37H2,1-11H3,(H,38,44,46)/t23-,24+,26+,27+,28-,31+,36+/m0/s1. The molecule has 57 heavy (non-hydrogen) atoms. The number of hydrogen-bond donors (Lipinski definition) is 4. The van der Waals surface area contributed by atoms with Gasteiger partial charge in [0.15, 0.2) is 28.5 Å². The van der Waals surface area contributed by atoms with Crippen molar-refractivity contribution in [2.75, 3.05) is 13.2 Å². The highest BCUT2D eigenvalue weighted by atomic mass is 32.2. The van der Waals surface area contributed by atoms with Crippen LogP contribution in [0.3, 0.4) is 0 Å². The number of aryl methyl sites for hydroxylation is 1. The van der Waals surface area contributed by atoms with Crippen molar-refractivity contribution in [3.05, 3.63) is 76.3 Å². The minimum absolute atomic E-state index is 0.0331. The first-order valence-electron chi connectivity index (χ1n) is 18.6. The number of ether oxygens (including phenoxy) is 2. The van der Waals surface area contributed by atoms with E-state index in [-0.39, 0.29) is 34.9 Å². The molecule has 0 bridgehead atoms. The van der Waals surface area contributed by atoms with Gasteiger partial charge in [0.05, 0.1) is 37.0 Å². The van der Waals surface area contributed by atoms with E-state index in [4.69, 9.17) is 28.2 Å². The summed E-state index contributed by atoms with van der Waals surface area (Å²) >= 11 is 0. The molecule has 316 valence electrons. The highest BCUT2D eigenvalue weighted by Crippen LogP contribution is 2.52. The topological polar surface area (TPSA) is 246 Å². The van der Waals surface area contributed by atoms with Gasteiger partial charge in [-0.25, -0.2) is 18.3 Å². The Labute approximate surface area is 332 Å². The van der Waals surface area contributed by atoms with Gasteiger partial charge < -0.3 is 34.3 Å². The number of nitrogens with one attached hydrogen (secondary N) is 1. The van der Waals surface area contributed by atoms with Gasteiger partial charge >= 0.3 is 11.4 Å². The van der Waals surface area contributed by atoms with Crippen LogP contribution in [0.1, 0.15) is 71.5 Å². The maximum atomic E-state index is 14.4. The molecule has 2 aromatic heterocycles. The summed E-state index contributed by atoms with van der Waals surface area (Å²) in [7, 11) is -9.67. The van der Waals surface area contributed by atoms with Crippen LogP contribution in [0.5, 0.6) is 0 Å². The molecular formula is C36H55N5O13SSi2. The Bertz CT molecular complexity index is 2340. The maximum absolute atomic E-state index is 14.4. The molecule has 2 saturated heterocycles. The van der Waals surface area contributed by atoms with Crippen LogP contribution in [0.15, 0.2) is 42.7 Å². The van der Waals surface area contributed by atoms with E-state index in [0.717, 1.165) is 25.3 Å². The third-order valence-corrected chi connectivity index (χ3v) is 21.8. The number of H-pyrrole nitrogens is 1. The Hall–Kier alpha value is -3.44. The number of hydrogen-bond acceptors (Lipinski definition) is 14. The summed E-state index contributed by atoms with van der Waals surface area (Å²) in [6.07, 6.45) is -4.47. The summed E-state index contributed by atoms with van der Waals surface area (Å²) < 4.78 is 60.9. The van der Waals surface area contributed by atoms with Crippen LogP contribution in [0.2, 0.25) is 36.3 Å². The van der Waals surface area contributed by atoms with Crippen LogP contribution in [-0.4, -0.2) is 97.2 Å². The maximum Gasteiger partial charge on any atom is 0.334 e. The Kier molecular flexibility index (Phi) is 12.0. The van der Waals surface area contributed by atoms with E-state index < -0.39 is 110 Å². The van der Waals surface area contributed by atoms with Gasteiger partial charge in [-0.2, -0.15) is 8.42 Å². The van der Waals surface area contributed by atoms with E-state index in [1.807, 2.05) is 67.7 Å². The van der Waals surface area contributed by atoms with Crippen molar-refractivity contribution in [1.29, 1.82) is 0 Å². The lowest BCUT2D eigenvalue weighted by Crippen LogP contribution is -2.59. The fourth-order valence-electron chi connectivity index (χ4n) is 6.35. The third kappa shape index (κ3) is 8.39. The normalized spacial score (nSPS) is 27.8. The van der Waals surface area contributed by atoms with Crippen molar-refractivity contribution in [2.24, 2.45) is 5.73 Å². The van der Waals surface area contributed by atoms with Gasteiger partial charge in [0.1, 0.15) is 30.1 Å². The molecule has 0 saturated carbocycles. The molecule has 18 nitrogen and oxygen atoms in total. The first-order valence-corrected chi connectivity index (χ1v) is 25.9. The lowest BCUT2D eigenvalue weighted by Gasteiger charge is -2.43. The van der Waals surface area contributed by atoms with Crippen LogP contribution >= 0.6 is 0 Å². The molecule has 0 aliphatic carbocycles. The summed E-state index contributed by atoms with van der Waals surface area (Å²) in [5, 5.41) is 19.8. The lowest BCUT2D eigenvalue weighted by atomic mass is 9.89. The zero-order valence-corrected chi connectivity index (χ0v) is 37.1. The van der Waals surface area contributed by atoms with Crippen molar-refractivity contribution >= 4 is 26.8 Å². The predicted molar refractivity (Wildman–Crippen MR) is 214 cm³/mol. The van der Waals surface area contributed by atoms with Crippen LogP contribution < -0.4 is 28.2 Å². The van der Waals surface area contributed by atoms with Gasteiger partial charge in [-0.1, -0.05) is 53.4 Å². The second-order valence-electron chi connectivity index (χ2n) is 17.8. The number of rotatable bonds is 9. The fourth-order valence-corrected chi connectivity index (χ4v) is 9.85. The minimum atomic E-state index is -4.34. The van der Waals surface area contributed by atoms with E-state index in [1.54, 1.807) is 0 Å². The number of nitrogens with two attached hydrogens (primary N) is 1. The number of aromatic amines is 1. The van der Waals surface area contributed by atoms with Gasteiger partial charge in [-0.15, -0.1) is 0 Å². The summed E-state index contributed by atoms with van der Waals surface area (Å²) in [5.74, 6) is 5.28. The molecular weight excluding hydrogens is 799 g/mol. The zero-order chi connectivity index (χ0) is 42.8. The van der Waals surface area contributed by atoms with Crippen molar-refractivity contribution in [1.82, 2.24) is 18.7 Å². The molecule has 2 fully saturated rings. The van der Waals surface area contributed by atoms with E-state index in [2.05, 4.69) is 16.8 Å². The number of aromatic nitrogens is 4. The smallest absolute Gasteiger partial charge is 0.334 e. The SMILES string of the molecule is Cc1cn([C@@H]2O[C@H](CO[Si](C)(C)C(C)(C)C)[C@@]3(OS(=O)(=O)C=C3N)[C@H]2O[Si](C)(C)C(C)(C)C)c(=O)n(CC#Cc2cn([C@H]3C[C@H](O)[C@@H](CO)O3)c(=O)[nH]c2=O)c1=O. The lowest BCUT2D eigenvalue weighted by molar-refractivity contribution is -0.0567.